The van der Waals surface area contributed by atoms with E-state index < -0.39 is 0 Å². The molecule has 2 aliphatic rings. The van der Waals surface area contributed by atoms with E-state index in [9.17, 15) is 5.11 Å². The van der Waals surface area contributed by atoms with Gasteiger partial charge in [-0.25, -0.2) is 0 Å². The second-order valence-electron chi connectivity index (χ2n) is 3.70. The topological polar surface area (TPSA) is 41.5 Å². The molecule has 0 aromatic carbocycles. The summed E-state index contributed by atoms with van der Waals surface area (Å²) in [7, 11) is 0. The molecule has 2 fully saturated rings. The zero-order valence-electron chi connectivity index (χ0n) is 6.84. The van der Waals surface area contributed by atoms with Gasteiger partial charge in [0, 0.05) is 18.0 Å². The van der Waals surface area contributed by atoms with Crippen LogP contribution in [0.2, 0.25) is 0 Å². The average molecular weight is 157 g/mol. The number of aliphatic hydroxyl groups is 1. The van der Waals surface area contributed by atoms with Crippen LogP contribution in [0.3, 0.4) is 0 Å². The Bertz CT molecular complexity index is 149. The highest BCUT2D eigenvalue weighted by atomic mass is 16.5. The first-order chi connectivity index (χ1) is 5.25. The van der Waals surface area contributed by atoms with Crippen molar-refractivity contribution in [2.75, 3.05) is 19.8 Å². The fraction of sp³-hybridized carbons (Fsp3) is 1.00. The van der Waals surface area contributed by atoms with Crippen LogP contribution in [0.1, 0.15) is 13.3 Å². The van der Waals surface area contributed by atoms with Crippen LogP contribution in [0.15, 0.2) is 0 Å². The number of nitrogens with one attached hydrogen (secondary N) is 1. The van der Waals surface area contributed by atoms with Gasteiger partial charge in [0.2, 0.25) is 0 Å². The molecule has 0 bridgehead atoms. The lowest BCUT2D eigenvalue weighted by Crippen LogP contribution is -2.69. The number of rotatable bonds is 0. The molecular weight excluding hydrogens is 142 g/mol. The van der Waals surface area contributed by atoms with Crippen molar-refractivity contribution in [3.63, 3.8) is 0 Å². The maximum atomic E-state index is 9.34. The van der Waals surface area contributed by atoms with Gasteiger partial charge in [-0.1, -0.05) is 6.92 Å². The summed E-state index contributed by atoms with van der Waals surface area (Å²) in [5.41, 5.74) is 0.109. The predicted octanol–water partition coefficient (Wildman–Crippen LogP) is -0.254. The smallest absolute Gasteiger partial charge is 0.0653 e. The average Bonchev–Trinajstić information content (AvgIpc) is 2.06. The third-order valence-corrected chi connectivity index (χ3v) is 3.11. The van der Waals surface area contributed by atoms with Crippen molar-refractivity contribution in [3.8, 4) is 0 Å². The van der Waals surface area contributed by atoms with Gasteiger partial charge in [-0.2, -0.15) is 0 Å². The maximum Gasteiger partial charge on any atom is 0.0653 e. The molecule has 0 aromatic rings. The van der Waals surface area contributed by atoms with E-state index in [0.29, 0.717) is 5.92 Å². The molecule has 2 N–H and O–H groups in total. The van der Waals surface area contributed by atoms with Crippen molar-refractivity contribution < 1.29 is 9.84 Å². The summed E-state index contributed by atoms with van der Waals surface area (Å²) in [6.07, 6.45) is 0.734. The largest absolute Gasteiger partial charge is 0.393 e. The van der Waals surface area contributed by atoms with E-state index in [0.717, 1.165) is 26.2 Å². The first-order valence-electron chi connectivity index (χ1n) is 4.25. The fourth-order valence-electron chi connectivity index (χ4n) is 2.04. The lowest BCUT2D eigenvalue weighted by atomic mass is 9.65. The van der Waals surface area contributed by atoms with Crippen LogP contribution in [0.5, 0.6) is 0 Å². The van der Waals surface area contributed by atoms with E-state index >= 15 is 0 Å². The number of hydrogen-bond donors (Lipinski definition) is 2. The Morgan fingerprint density at radius 3 is 2.91 bits per heavy atom. The predicted molar refractivity (Wildman–Crippen MR) is 41.3 cm³/mol. The van der Waals surface area contributed by atoms with Gasteiger partial charge in [-0.05, 0) is 6.42 Å². The number of ether oxygens (including phenoxy) is 1. The molecule has 1 saturated heterocycles. The van der Waals surface area contributed by atoms with Crippen molar-refractivity contribution >= 4 is 0 Å². The molecule has 11 heavy (non-hydrogen) atoms. The van der Waals surface area contributed by atoms with Crippen molar-refractivity contribution in [3.05, 3.63) is 0 Å². The summed E-state index contributed by atoms with van der Waals surface area (Å²) < 4.78 is 5.37. The van der Waals surface area contributed by atoms with Crippen LogP contribution in [0.4, 0.5) is 0 Å². The van der Waals surface area contributed by atoms with E-state index in [2.05, 4.69) is 12.2 Å². The Labute approximate surface area is 66.7 Å². The lowest BCUT2D eigenvalue weighted by Gasteiger charge is -2.53. The zero-order chi connectivity index (χ0) is 7.90. The summed E-state index contributed by atoms with van der Waals surface area (Å²) in [6.45, 7) is 4.59. The van der Waals surface area contributed by atoms with Gasteiger partial charge >= 0.3 is 0 Å². The Kier molecular flexibility index (Phi) is 1.67. The standard InChI is InChI=1S/C8H15NO2/c1-6-7(10)4-8(6)5-11-3-2-9-8/h6-7,9-10H,2-5H2,1H3/t6-,7-,8?/m0/s1. The number of hydrogen-bond acceptors (Lipinski definition) is 3. The Morgan fingerprint density at radius 1 is 1.64 bits per heavy atom. The van der Waals surface area contributed by atoms with Gasteiger partial charge in [-0.15, -0.1) is 0 Å². The molecule has 0 aromatic heterocycles. The first-order valence-corrected chi connectivity index (χ1v) is 4.25. The van der Waals surface area contributed by atoms with E-state index in [-0.39, 0.29) is 11.6 Å². The number of morpholine rings is 1. The molecule has 1 aliphatic heterocycles. The molecule has 3 heteroatoms. The molecule has 3 nitrogen and oxygen atoms in total. The van der Waals surface area contributed by atoms with Crippen LogP contribution in [0, 0.1) is 5.92 Å². The summed E-state index contributed by atoms with van der Waals surface area (Å²) in [5.74, 6) is 0.350. The lowest BCUT2D eigenvalue weighted by molar-refractivity contribution is -0.119. The summed E-state index contributed by atoms with van der Waals surface area (Å²) in [4.78, 5) is 0. The SMILES string of the molecule is C[C@H]1[C@@H](O)CC12COCCN2. The van der Waals surface area contributed by atoms with Gasteiger partial charge in [0.25, 0.3) is 0 Å². The van der Waals surface area contributed by atoms with Crippen molar-refractivity contribution in [1.29, 1.82) is 0 Å². The molecule has 3 atom stereocenters. The zero-order valence-corrected chi connectivity index (χ0v) is 6.84. The third kappa shape index (κ3) is 0.991. The Balaban J connectivity index is 2.00. The van der Waals surface area contributed by atoms with Crippen LogP contribution in [-0.4, -0.2) is 36.5 Å². The van der Waals surface area contributed by atoms with E-state index in [1.54, 1.807) is 0 Å². The molecule has 1 saturated carbocycles. The van der Waals surface area contributed by atoms with Crippen molar-refractivity contribution in [2.45, 2.75) is 25.0 Å². The van der Waals surface area contributed by atoms with Gasteiger partial charge in [0.15, 0.2) is 0 Å². The quantitative estimate of drug-likeness (QED) is 0.509. The summed E-state index contributed by atoms with van der Waals surface area (Å²) in [6, 6.07) is 0. The van der Waals surface area contributed by atoms with Gasteiger partial charge < -0.3 is 15.2 Å². The summed E-state index contributed by atoms with van der Waals surface area (Å²) >= 11 is 0. The van der Waals surface area contributed by atoms with Gasteiger partial charge in [0.1, 0.15) is 0 Å². The second kappa shape index (κ2) is 2.44. The third-order valence-electron chi connectivity index (χ3n) is 3.11. The van der Waals surface area contributed by atoms with Crippen molar-refractivity contribution in [1.82, 2.24) is 5.32 Å². The van der Waals surface area contributed by atoms with Crippen molar-refractivity contribution in [2.24, 2.45) is 5.92 Å². The molecular formula is C8H15NO2. The maximum absolute atomic E-state index is 9.34. The normalized spacial score (nSPS) is 50.7. The number of aliphatic hydroxyl groups excluding tert-OH is 1. The fourth-order valence-corrected chi connectivity index (χ4v) is 2.04. The highest BCUT2D eigenvalue weighted by molar-refractivity contribution is 5.07. The minimum atomic E-state index is -0.121. The van der Waals surface area contributed by atoms with Crippen LogP contribution in [-0.2, 0) is 4.74 Å². The van der Waals surface area contributed by atoms with Gasteiger partial charge in [0.05, 0.1) is 19.3 Å². The second-order valence-corrected chi connectivity index (χ2v) is 3.70. The molecule has 2 rings (SSSR count). The molecule has 1 spiro atoms. The highest BCUT2D eigenvalue weighted by Gasteiger charge is 2.51. The minimum Gasteiger partial charge on any atom is -0.393 e. The van der Waals surface area contributed by atoms with E-state index in [1.165, 1.54) is 0 Å². The van der Waals surface area contributed by atoms with Gasteiger partial charge in [-0.3, -0.25) is 0 Å². The minimum absolute atomic E-state index is 0.109. The molecule has 1 unspecified atom stereocenters. The summed E-state index contributed by atoms with van der Waals surface area (Å²) in [5, 5.41) is 12.8. The van der Waals surface area contributed by atoms with E-state index in [4.69, 9.17) is 4.74 Å². The monoisotopic (exact) mass is 157 g/mol. The van der Waals surface area contributed by atoms with Crippen LogP contribution >= 0.6 is 0 Å². The first kappa shape index (κ1) is 7.53. The molecule has 0 amide bonds. The van der Waals surface area contributed by atoms with Crippen LogP contribution < -0.4 is 5.32 Å². The highest BCUT2D eigenvalue weighted by Crippen LogP contribution is 2.39. The van der Waals surface area contributed by atoms with E-state index in [1.807, 2.05) is 0 Å². The molecule has 1 heterocycles. The van der Waals surface area contributed by atoms with Crippen LogP contribution in [0.25, 0.3) is 0 Å². The Morgan fingerprint density at radius 2 is 2.45 bits per heavy atom. The molecule has 1 aliphatic carbocycles. The molecule has 0 radical (unpaired) electrons. The Hall–Kier alpha value is -0.120. The molecule has 64 valence electrons.